The van der Waals surface area contributed by atoms with E-state index in [2.05, 4.69) is 22.1 Å². The van der Waals surface area contributed by atoms with Crippen LogP contribution in [0.1, 0.15) is 86.9 Å². The summed E-state index contributed by atoms with van der Waals surface area (Å²) in [7, 11) is 0. The van der Waals surface area contributed by atoms with Crippen LogP contribution in [0.3, 0.4) is 0 Å². The summed E-state index contributed by atoms with van der Waals surface area (Å²) in [6, 6.07) is 28.2. The molecule has 1 aliphatic carbocycles. The van der Waals surface area contributed by atoms with Gasteiger partial charge in [0.2, 0.25) is 0 Å². The minimum Gasteiger partial charge on any atom is -0.501 e. The summed E-state index contributed by atoms with van der Waals surface area (Å²) in [6.07, 6.45) is 5.60. The van der Waals surface area contributed by atoms with Crippen molar-refractivity contribution in [2.24, 2.45) is 0 Å². The molecule has 4 aromatic carbocycles. The standard InChI is InChI=1S/C31H28NO.C13H12N.Ir/c1-19-11-13-25-26-9-6-10-27(31(26)33-30(25)15-19)29-17-28(21(3)18-32-29)24-14-12-23(16-20(24)2)22-7-4-5-8-22;1-10-3-6-12(7-4-10)13-8-5-11(2)9-14-13;/h6,9,11-18,22H,4-5,7-8H2,1-3H3;3-6,8-9H,1-2H3;/q2*-1;/i1D3,2D3,3D3,22D;1D3,2D3;. The third-order valence-corrected chi connectivity index (χ3v) is 8.37. The summed E-state index contributed by atoms with van der Waals surface area (Å²) in [4.78, 5) is 8.53. The Morgan fingerprint density at radius 1 is 0.708 bits per heavy atom. The van der Waals surface area contributed by atoms with E-state index in [9.17, 15) is 0 Å². The van der Waals surface area contributed by atoms with Gasteiger partial charge in [0.25, 0.3) is 0 Å². The van der Waals surface area contributed by atoms with E-state index in [-0.39, 0.29) is 59.0 Å². The molecule has 3 nitrogen and oxygen atoms in total. The van der Waals surface area contributed by atoms with Gasteiger partial charge in [0.15, 0.2) is 0 Å². The predicted molar refractivity (Wildman–Crippen MR) is 195 cm³/mol. The first-order chi connectivity index (χ1) is 29.2. The fraction of sp³-hybridized carbons (Fsp3) is 0.227. The Morgan fingerprint density at radius 3 is 2.27 bits per heavy atom. The van der Waals surface area contributed by atoms with E-state index in [1.165, 1.54) is 42.7 Å². The predicted octanol–water partition coefficient (Wildman–Crippen LogP) is 11.9. The van der Waals surface area contributed by atoms with Gasteiger partial charge < -0.3 is 14.4 Å². The summed E-state index contributed by atoms with van der Waals surface area (Å²) in [5, 5.41) is 1.41. The van der Waals surface area contributed by atoms with Crippen molar-refractivity contribution >= 4 is 21.9 Å². The van der Waals surface area contributed by atoms with Gasteiger partial charge in [0.05, 0.1) is 5.58 Å². The molecule has 0 bridgehead atoms. The number of pyridine rings is 2. The van der Waals surface area contributed by atoms with E-state index in [4.69, 9.17) is 26.3 Å². The van der Waals surface area contributed by atoms with Crippen LogP contribution < -0.4 is 0 Å². The van der Waals surface area contributed by atoms with Gasteiger partial charge in [-0.05, 0) is 103 Å². The number of rotatable bonds is 4. The molecular weight excluding hydrogens is 765 g/mol. The Kier molecular flexibility index (Phi) is 5.69. The molecule has 1 aliphatic rings. The van der Waals surface area contributed by atoms with Gasteiger partial charge in [-0.25, -0.2) is 0 Å². The van der Waals surface area contributed by atoms with Crippen LogP contribution in [0.25, 0.3) is 55.6 Å². The molecule has 1 saturated carbocycles. The SMILES string of the molecule is [2H]C([2H])([2H])c1c[c-]c(-c2ccc(C([2H])([2H])[2H])cn2)cc1.[2H]C([2H])([2H])c1ccc2c(c1)oc1c(-c3cc(-c4ccc(C5([2H])CCCC5)cc4C([2H])([2H])[2H])c(C([2H])([2H])[2H])cn3)[c-]ccc12.[Ir]. The van der Waals surface area contributed by atoms with Crippen molar-refractivity contribution in [3.8, 4) is 33.6 Å². The molecule has 7 aromatic rings. The Morgan fingerprint density at radius 2 is 1.52 bits per heavy atom. The molecule has 8 rings (SSSR count). The molecule has 4 heteroatoms. The van der Waals surface area contributed by atoms with Crippen molar-refractivity contribution in [2.75, 3.05) is 0 Å². The number of nitrogens with zero attached hydrogens (tertiary/aromatic N) is 2. The number of hydrogen-bond acceptors (Lipinski definition) is 3. The number of fused-ring (bicyclic) bond motifs is 3. The molecule has 3 aromatic heterocycles. The fourth-order valence-corrected chi connectivity index (χ4v) is 5.97. The van der Waals surface area contributed by atoms with Crippen molar-refractivity contribution in [1.82, 2.24) is 9.97 Å². The van der Waals surface area contributed by atoms with Gasteiger partial charge in [-0.1, -0.05) is 79.2 Å². The van der Waals surface area contributed by atoms with Gasteiger partial charge in [-0.15, -0.1) is 53.6 Å². The molecule has 0 aliphatic heterocycles. The molecule has 0 unspecified atom stereocenters. The first kappa shape index (κ1) is 19.0. The van der Waals surface area contributed by atoms with Crippen molar-refractivity contribution in [3.05, 3.63) is 143 Å². The normalized spacial score (nSPS) is 19.8. The van der Waals surface area contributed by atoms with Gasteiger partial charge in [-0.3, -0.25) is 0 Å². The van der Waals surface area contributed by atoms with Crippen LogP contribution >= 0.6 is 0 Å². The summed E-state index contributed by atoms with van der Waals surface area (Å²) in [6.45, 7) is -11.8. The first-order valence-electron chi connectivity index (χ1n) is 23.3. The fourth-order valence-electron chi connectivity index (χ4n) is 5.97. The second-order valence-corrected chi connectivity index (χ2v) is 11.5. The topological polar surface area (TPSA) is 38.9 Å². The maximum atomic E-state index is 8.93. The van der Waals surface area contributed by atoms with Crippen LogP contribution in [0.15, 0.2) is 102 Å². The quantitative estimate of drug-likeness (QED) is 0.166. The summed E-state index contributed by atoms with van der Waals surface area (Å²) in [5.41, 5.74) is 4.11. The van der Waals surface area contributed by atoms with Crippen LogP contribution in [-0.2, 0) is 20.1 Å². The van der Waals surface area contributed by atoms with Crippen molar-refractivity contribution < 1.29 is 46.5 Å². The van der Waals surface area contributed by atoms with Crippen LogP contribution in [0.2, 0.25) is 0 Å². The molecule has 3 heterocycles. The van der Waals surface area contributed by atoms with Crippen molar-refractivity contribution in [3.63, 3.8) is 0 Å². The van der Waals surface area contributed by atoms with E-state index in [0.29, 0.717) is 62.9 Å². The Hall–Kier alpha value is -4.37. The number of aryl methyl sites for hydroxylation is 5. The second kappa shape index (κ2) is 14.4. The molecule has 243 valence electrons. The summed E-state index contributed by atoms with van der Waals surface area (Å²) >= 11 is 0. The van der Waals surface area contributed by atoms with Crippen molar-refractivity contribution in [1.29, 1.82) is 0 Å². The Labute approximate surface area is 320 Å². The van der Waals surface area contributed by atoms with E-state index in [1.54, 1.807) is 54.6 Å². The van der Waals surface area contributed by atoms with Gasteiger partial charge in [0, 0.05) is 59.8 Å². The monoisotopic (exact) mass is 821 g/mol. The van der Waals surface area contributed by atoms with Crippen molar-refractivity contribution in [2.45, 2.75) is 65.8 Å². The third-order valence-electron chi connectivity index (χ3n) is 8.37. The minimum absolute atomic E-state index is 0. The third kappa shape index (κ3) is 6.92. The Bertz CT molecular complexity index is 2720. The smallest absolute Gasteiger partial charge is 0.121 e. The average molecular weight is 821 g/mol. The van der Waals surface area contributed by atoms with E-state index < -0.39 is 40.2 Å². The minimum atomic E-state index is -2.59. The maximum absolute atomic E-state index is 8.93. The molecule has 1 fully saturated rings. The number of benzene rings is 4. The molecule has 0 saturated heterocycles. The zero-order chi connectivity index (χ0) is 45.9. The Balaban J connectivity index is 0.000000272. The largest absolute Gasteiger partial charge is 0.501 e. The van der Waals surface area contributed by atoms with Crippen LogP contribution in [0, 0.1) is 46.4 Å². The number of aromatic nitrogens is 2. The molecular formula is C44H40IrN2O-2. The number of furan rings is 1. The molecule has 1 radical (unpaired) electrons. The van der Waals surface area contributed by atoms with E-state index in [1.807, 2.05) is 0 Å². The molecule has 0 atom stereocenters. The summed E-state index contributed by atoms with van der Waals surface area (Å²) < 4.78 is 132. The summed E-state index contributed by atoms with van der Waals surface area (Å²) in [5.74, 6) is -0.875. The molecule has 0 N–H and O–H groups in total. The van der Waals surface area contributed by atoms with Gasteiger partial charge >= 0.3 is 0 Å². The first-order valence-corrected chi connectivity index (χ1v) is 15.3. The molecule has 0 spiro atoms. The van der Waals surface area contributed by atoms with Crippen LogP contribution in [-0.4, -0.2) is 9.97 Å². The molecule has 48 heavy (non-hydrogen) atoms. The number of hydrogen-bond donors (Lipinski definition) is 0. The maximum Gasteiger partial charge on any atom is 0.121 e. The van der Waals surface area contributed by atoms with Gasteiger partial charge in [-0.2, -0.15) is 0 Å². The molecule has 0 amide bonds. The average Bonchev–Trinajstić information content (AvgIpc) is 3.83. The second-order valence-electron chi connectivity index (χ2n) is 11.5. The van der Waals surface area contributed by atoms with E-state index >= 15 is 0 Å². The zero-order valence-electron chi connectivity index (χ0n) is 41.7. The van der Waals surface area contributed by atoms with E-state index in [0.717, 1.165) is 12.8 Å². The van der Waals surface area contributed by atoms with Gasteiger partial charge in [0.1, 0.15) is 5.58 Å². The van der Waals surface area contributed by atoms with Crippen LogP contribution in [0.4, 0.5) is 0 Å². The van der Waals surface area contributed by atoms with Crippen LogP contribution in [0.5, 0.6) is 0 Å². The zero-order valence-corrected chi connectivity index (χ0v) is 28.1.